The number of aliphatic hydroxyl groups is 1. The first-order valence-electron chi connectivity index (χ1n) is 5.88. The fourth-order valence-electron chi connectivity index (χ4n) is 1.79. The normalized spacial score (nSPS) is 23.9. The van der Waals surface area contributed by atoms with Crippen LogP contribution < -0.4 is 10.1 Å². The maximum atomic E-state index is 10.3. The average molecular weight is 274 g/mol. The van der Waals surface area contributed by atoms with E-state index in [0.717, 1.165) is 17.9 Å². The molecule has 1 saturated heterocycles. The first-order chi connectivity index (χ1) is 8.18. The summed E-state index contributed by atoms with van der Waals surface area (Å²) < 4.78 is 10.9. The zero-order valence-corrected chi connectivity index (χ0v) is 11.3. The molecule has 2 N–H and O–H groups in total. The van der Waals surface area contributed by atoms with Gasteiger partial charge in [0.05, 0.1) is 13.2 Å². The predicted octanol–water partition coefficient (Wildman–Crippen LogP) is 1.15. The van der Waals surface area contributed by atoms with Crippen LogP contribution in [0.3, 0.4) is 0 Å². The van der Waals surface area contributed by atoms with Gasteiger partial charge < -0.3 is 19.9 Å². The molecule has 0 radical (unpaired) electrons. The van der Waals surface area contributed by atoms with E-state index in [1.165, 1.54) is 0 Å². The van der Waals surface area contributed by atoms with E-state index in [1.807, 2.05) is 31.2 Å². The Balaban J connectivity index is 0.00000162. The van der Waals surface area contributed by atoms with E-state index in [0.29, 0.717) is 19.8 Å². The third-order valence-electron chi connectivity index (χ3n) is 2.75. The number of nitrogens with one attached hydrogen (secondary N) is 1. The lowest BCUT2D eigenvalue weighted by atomic mass is 10.1. The average Bonchev–Trinajstić information content (AvgIpc) is 2.53. The van der Waals surface area contributed by atoms with Gasteiger partial charge in [0, 0.05) is 13.1 Å². The van der Waals surface area contributed by atoms with Gasteiger partial charge in [-0.05, 0) is 24.6 Å². The lowest BCUT2D eigenvalue weighted by Gasteiger charge is -2.25. The summed E-state index contributed by atoms with van der Waals surface area (Å²) in [5, 5.41) is 13.4. The number of hydrogen-bond donors (Lipinski definition) is 2. The Morgan fingerprint density at radius 2 is 2.33 bits per heavy atom. The lowest BCUT2D eigenvalue weighted by molar-refractivity contribution is -0.0552. The fraction of sp³-hybridized carbons (Fsp3) is 0.538. The monoisotopic (exact) mass is 273 g/mol. The van der Waals surface area contributed by atoms with Gasteiger partial charge in [0.1, 0.15) is 18.0 Å². The van der Waals surface area contributed by atoms with Crippen molar-refractivity contribution in [2.45, 2.75) is 12.5 Å². The highest BCUT2D eigenvalue weighted by Gasteiger charge is 2.29. The van der Waals surface area contributed by atoms with Crippen LogP contribution in [0.2, 0.25) is 0 Å². The van der Waals surface area contributed by atoms with Crippen LogP contribution in [-0.2, 0) is 4.74 Å². The lowest BCUT2D eigenvalue weighted by Crippen LogP contribution is -2.47. The molecule has 0 spiro atoms. The van der Waals surface area contributed by atoms with Crippen molar-refractivity contribution in [1.82, 2.24) is 5.32 Å². The molecule has 1 fully saturated rings. The van der Waals surface area contributed by atoms with E-state index in [9.17, 15) is 5.11 Å². The maximum absolute atomic E-state index is 10.3. The molecule has 1 unspecified atom stereocenters. The molecule has 102 valence electrons. The van der Waals surface area contributed by atoms with Gasteiger partial charge in [0.2, 0.25) is 0 Å². The first kappa shape index (κ1) is 15.2. The van der Waals surface area contributed by atoms with Gasteiger partial charge in [-0.3, -0.25) is 0 Å². The largest absolute Gasteiger partial charge is 0.490 e. The second kappa shape index (κ2) is 6.95. The molecule has 1 heterocycles. The summed E-state index contributed by atoms with van der Waals surface area (Å²) in [6.45, 7) is 4.46. The number of aryl methyl sites for hydroxylation is 1. The van der Waals surface area contributed by atoms with Gasteiger partial charge in [-0.25, -0.2) is 0 Å². The van der Waals surface area contributed by atoms with Gasteiger partial charge in [-0.15, -0.1) is 12.4 Å². The van der Waals surface area contributed by atoms with E-state index >= 15 is 0 Å². The summed E-state index contributed by atoms with van der Waals surface area (Å²) in [6.07, 6.45) is 0. The highest BCUT2D eigenvalue weighted by molar-refractivity contribution is 5.85. The van der Waals surface area contributed by atoms with E-state index in [1.54, 1.807) is 0 Å². The van der Waals surface area contributed by atoms with Gasteiger partial charge in [0.15, 0.2) is 0 Å². The van der Waals surface area contributed by atoms with Crippen molar-refractivity contribution in [3.05, 3.63) is 29.8 Å². The van der Waals surface area contributed by atoms with Crippen molar-refractivity contribution in [3.8, 4) is 5.75 Å². The molecule has 1 aromatic carbocycles. The summed E-state index contributed by atoms with van der Waals surface area (Å²) in [7, 11) is 0. The number of β-amino-alcohol motifs (C(OH)–C–C–N with tert-alkyl or cyclic N) is 1. The number of rotatable bonds is 3. The van der Waals surface area contributed by atoms with Crippen molar-refractivity contribution < 1.29 is 14.6 Å². The molecule has 2 rings (SSSR count). The molecule has 18 heavy (non-hydrogen) atoms. The van der Waals surface area contributed by atoms with E-state index in [4.69, 9.17) is 9.47 Å². The Hall–Kier alpha value is -0.810. The van der Waals surface area contributed by atoms with Gasteiger partial charge >= 0.3 is 0 Å². The quantitative estimate of drug-likeness (QED) is 0.867. The van der Waals surface area contributed by atoms with Gasteiger partial charge in [-0.1, -0.05) is 12.1 Å². The fourth-order valence-corrected chi connectivity index (χ4v) is 1.79. The summed E-state index contributed by atoms with van der Waals surface area (Å²) in [4.78, 5) is 0. The zero-order valence-electron chi connectivity index (χ0n) is 10.5. The zero-order chi connectivity index (χ0) is 12.1. The number of hydrogen-bond acceptors (Lipinski definition) is 4. The topological polar surface area (TPSA) is 50.7 Å². The molecule has 1 aliphatic heterocycles. The van der Waals surface area contributed by atoms with Crippen molar-refractivity contribution in [2.75, 3.05) is 32.9 Å². The van der Waals surface area contributed by atoms with Crippen LogP contribution in [0.1, 0.15) is 5.56 Å². The molecule has 0 bridgehead atoms. The third kappa shape index (κ3) is 4.46. The summed E-state index contributed by atoms with van der Waals surface area (Å²) in [6, 6.07) is 7.80. The molecule has 1 aromatic rings. The molecule has 0 amide bonds. The summed E-state index contributed by atoms with van der Waals surface area (Å²) in [5.74, 6) is 0.780. The van der Waals surface area contributed by atoms with E-state index in [2.05, 4.69) is 5.32 Å². The van der Waals surface area contributed by atoms with Crippen LogP contribution in [0, 0.1) is 6.92 Å². The molecule has 1 aliphatic rings. The summed E-state index contributed by atoms with van der Waals surface area (Å²) in [5.41, 5.74) is 0.199. The van der Waals surface area contributed by atoms with Gasteiger partial charge in [-0.2, -0.15) is 0 Å². The predicted molar refractivity (Wildman–Crippen MR) is 72.6 cm³/mol. The number of ether oxygens (including phenoxy) is 2. The van der Waals surface area contributed by atoms with Crippen LogP contribution >= 0.6 is 12.4 Å². The molecular weight excluding hydrogens is 254 g/mol. The van der Waals surface area contributed by atoms with Crippen molar-refractivity contribution in [3.63, 3.8) is 0 Å². The van der Waals surface area contributed by atoms with E-state index in [-0.39, 0.29) is 19.0 Å². The Labute approximate surface area is 114 Å². The Morgan fingerprint density at radius 3 is 3.11 bits per heavy atom. The number of benzene rings is 1. The second-order valence-corrected chi connectivity index (χ2v) is 4.56. The minimum absolute atomic E-state index is 0. The second-order valence-electron chi connectivity index (χ2n) is 4.56. The SMILES string of the molecule is Cc1cccc(OCC2(O)CNCCOC2)c1.Cl. The Bertz CT molecular complexity index is 365. The Kier molecular flexibility index (Phi) is 5.88. The molecule has 0 aromatic heterocycles. The van der Waals surface area contributed by atoms with Crippen molar-refractivity contribution >= 4 is 12.4 Å². The number of halogens is 1. The summed E-state index contributed by atoms with van der Waals surface area (Å²) >= 11 is 0. The first-order valence-corrected chi connectivity index (χ1v) is 5.88. The Morgan fingerprint density at radius 1 is 1.50 bits per heavy atom. The third-order valence-corrected chi connectivity index (χ3v) is 2.75. The van der Waals surface area contributed by atoms with Crippen molar-refractivity contribution in [1.29, 1.82) is 0 Å². The smallest absolute Gasteiger partial charge is 0.134 e. The minimum Gasteiger partial charge on any atom is -0.490 e. The van der Waals surface area contributed by atoms with Crippen molar-refractivity contribution in [2.24, 2.45) is 0 Å². The van der Waals surface area contributed by atoms with Crippen LogP contribution in [0.4, 0.5) is 0 Å². The highest BCUT2D eigenvalue weighted by atomic mass is 35.5. The minimum atomic E-state index is -0.944. The van der Waals surface area contributed by atoms with E-state index < -0.39 is 5.60 Å². The standard InChI is InChI=1S/C13H19NO3.ClH/c1-11-3-2-4-12(7-11)17-10-13(15)8-14-5-6-16-9-13;/h2-4,7,14-15H,5-6,8-10H2,1H3;1H. The maximum Gasteiger partial charge on any atom is 0.134 e. The van der Waals surface area contributed by atoms with Crippen LogP contribution in [0.25, 0.3) is 0 Å². The van der Waals surface area contributed by atoms with Gasteiger partial charge in [0.25, 0.3) is 0 Å². The molecule has 0 saturated carbocycles. The molecule has 1 atom stereocenters. The highest BCUT2D eigenvalue weighted by Crippen LogP contribution is 2.15. The van der Waals surface area contributed by atoms with Crippen LogP contribution in [0.15, 0.2) is 24.3 Å². The van der Waals surface area contributed by atoms with Crippen LogP contribution in [0.5, 0.6) is 5.75 Å². The molecular formula is C13H20ClNO3. The van der Waals surface area contributed by atoms with Crippen LogP contribution in [-0.4, -0.2) is 43.6 Å². The molecule has 5 heteroatoms. The molecule has 4 nitrogen and oxygen atoms in total. The molecule has 0 aliphatic carbocycles.